The first-order valence-electron chi connectivity index (χ1n) is 9.39. The van der Waals surface area contributed by atoms with Crippen molar-refractivity contribution in [3.05, 3.63) is 95.6 Å². The number of hydrogen-bond acceptors (Lipinski definition) is 2. The molecule has 0 aliphatic carbocycles. The van der Waals surface area contributed by atoms with Gasteiger partial charge in [0.05, 0.1) is 6.61 Å². The number of ether oxygens (including phenoxy) is 2. The molecule has 0 radical (unpaired) electrons. The van der Waals surface area contributed by atoms with Crippen LogP contribution < -0.4 is 9.47 Å². The Labute approximate surface area is 162 Å². The van der Waals surface area contributed by atoms with Crippen LogP contribution in [0.1, 0.15) is 37.8 Å². The van der Waals surface area contributed by atoms with E-state index < -0.39 is 0 Å². The maximum absolute atomic E-state index is 5.97. The normalized spacial score (nSPS) is 12.5. The predicted octanol–water partition coefficient (Wildman–Crippen LogP) is 7.08. The average molecular weight is 358 g/mol. The molecule has 3 rings (SSSR count). The van der Waals surface area contributed by atoms with E-state index in [0.717, 1.165) is 17.2 Å². The van der Waals surface area contributed by atoms with Crippen LogP contribution in [0.2, 0.25) is 0 Å². The minimum atomic E-state index is 0.302. The molecule has 0 bridgehead atoms. The Morgan fingerprint density at radius 1 is 0.852 bits per heavy atom. The van der Waals surface area contributed by atoms with Gasteiger partial charge in [-0.3, -0.25) is 0 Å². The van der Waals surface area contributed by atoms with Crippen LogP contribution in [0.4, 0.5) is 0 Å². The largest absolute Gasteiger partial charge is 0.494 e. The molecule has 1 unspecified atom stereocenters. The van der Waals surface area contributed by atoms with E-state index in [1.165, 1.54) is 16.7 Å². The summed E-state index contributed by atoms with van der Waals surface area (Å²) >= 11 is 0. The lowest BCUT2D eigenvalue weighted by atomic mass is 9.92. The lowest BCUT2D eigenvalue weighted by Gasteiger charge is -2.15. The molecular weight excluding hydrogens is 332 g/mol. The van der Waals surface area contributed by atoms with Crippen molar-refractivity contribution in [2.45, 2.75) is 26.7 Å². The number of benzene rings is 3. The van der Waals surface area contributed by atoms with Crippen LogP contribution in [0.25, 0.3) is 6.08 Å². The third-order valence-corrected chi connectivity index (χ3v) is 4.61. The highest BCUT2D eigenvalue weighted by Gasteiger charge is 2.09. The first kappa shape index (κ1) is 18.8. The molecule has 0 fully saturated rings. The topological polar surface area (TPSA) is 18.5 Å². The van der Waals surface area contributed by atoms with Gasteiger partial charge in [-0.15, -0.1) is 0 Å². The summed E-state index contributed by atoms with van der Waals surface area (Å²) in [5, 5.41) is 0. The molecule has 0 heterocycles. The Morgan fingerprint density at radius 2 is 1.56 bits per heavy atom. The fraction of sp³-hybridized carbons (Fsp3) is 0.200. The third-order valence-electron chi connectivity index (χ3n) is 4.61. The molecule has 1 atom stereocenters. The molecule has 0 aliphatic heterocycles. The number of para-hydroxylation sites is 1. The molecule has 0 aromatic heterocycles. The van der Waals surface area contributed by atoms with Crippen molar-refractivity contribution >= 4 is 6.08 Å². The highest BCUT2D eigenvalue weighted by Crippen LogP contribution is 2.30. The van der Waals surface area contributed by atoms with Gasteiger partial charge in [0.2, 0.25) is 0 Å². The van der Waals surface area contributed by atoms with Gasteiger partial charge in [0, 0.05) is 5.92 Å². The minimum Gasteiger partial charge on any atom is -0.494 e. The van der Waals surface area contributed by atoms with Crippen molar-refractivity contribution < 1.29 is 9.47 Å². The Kier molecular flexibility index (Phi) is 6.32. The van der Waals surface area contributed by atoms with Gasteiger partial charge in [-0.25, -0.2) is 0 Å². The summed E-state index contributed by atoms with van der Waals surface area (Å²) in [4.78, 5) is 0. The van der Waals surface area contributed by atoms with Crippen molar-refractivity contribution in [2.24, 2.45) is 0 Å². The fourth-order valence-corrected chi connectivity index (χ4v) is 2.95. The molecule has 0 saturated carbocycles. The van der Waals surface area contributed by atoms with E-state index >= 15 is 0 Å². The van der Waals surface area contributed by atoms with Gasteiger partial charge in [0.1, 0.15) is 17.2 Å². The second-order valence-corrected chi connectivity index (χ2v) is 6.60. The van der Waals surface area contributed by atoms with Gasteiger partial charge < -0.3 is 9.47 Å². The number of hydrogen-bond donors (Lipinski definition) is 0. The molecule has 138 valence electrons. The van der Waals surface area contributed by atoms with Crippen LogP contribution in [0, 0.1) is 0 Å². The van der Waals surface area contributed by atoms with Crippen molar-refractivity contribution in [1.29, 1.82) is 0 Å². The zero-order valence-electron chi connectivity index (χ0n) is 16.2. The van der Waals surface area contributed by atoms with Crippen molar-refractivity contribution in [1.82, 2.24) is 0 Å². The van der Waals surface area contributed by atoms with E-state index in [-0.39, 0.29) is 0 Å². The zero-order valence-corrected chi connectivity index (χ0v) is 16.2. The molecule has 27 heavy (non-hydrogen) atoms. The smallest absolute Gasteiger partial charge is 0.127 e. The fourth-order valence-electron chi connectivity index (χ4n) is 2.95. The lowest BCUT2D eigenvalue weighted by Crippen LogP contribution is -1.96. The van der Waals surface area contributed by atoms with Crippen molar-refractivity contribution in [3.8, 4) is 17.2 Å². The second kappa shape index (κ2) is 9.09. The standard InChI is InChI=1S/C25H26O2/c1-4-26-23-15-13-21(14-16-23)17-19(2)20(3)22-9-8-12-25(18-22)27-24-10-6-5-7-11-24/h5-18,20H,4H2,1-3H3. The minimum absolute atomic E-state index is 0.302. The molecular formula is C25H26O2. The molecule has 0 amide bonds. The summed E-state index contributed by atoms with van der Waals surface area (Å²) in [6.07, 6.45) is 2.23. The molecule has 0 saturated heterocycles. The summed E-state index contributed by atoms with van der Waals surface area (Å²) in [6.45, 7) is 7.08. The van der Waals surface area contributed by atoms with Crippen LogP contribution >= 0.6 is 0 Å². The van der Waals surface area contributed by atoms with E-state index in [1.807, 2.05) is 61.5 Å². The number of allylic oxidation sites excluding steroid dienone is 1. The van der Waals surface area contributed by atoms with Crippen LogP contribution in [0.3, 0.4) is 0 Å². The van der Waals surface area contributed by atoms with Gasteiger partial charge in [0.25, 0.3) is 0 Å². The average Bonchev–Trinajstić information content (AvgIpc) is 2.70. The Hall–Kier alpha value is -3.00. The molecule has 3 aromatic rings. The second-order valence-electron chi connectivity index (χ2n) is 6.60. The summed E-state index contributed by atoms with van der Waals surface area (Å²) in [7, 11) is 0. The molecule has 2 nitrogen and oxygen atoms in total. The lowest BCUT2D eigenvalue weighted by molar-refractivity contribution is 0.340. The van der Waals surface area contributed by atoms with E-state index in [4.69, 9.17) is 9.47 Å². The number of rotatable bonds is 7. The summed E-state index contributed by atoms with van der Waals surface area (Å²) in [5.74, 6) is 2.92. The van der Waals surface area contributed by atoms with Gasteiger partial charge >= 0.3 is 0 Å². The van der Waals surface area contributed by atoms with Crippen molar-refractivity contribution in [3.63, 3.8) is 0 Å². The molecule has 0 N–H and O–H groups in total. The van der Waals surface area contributed by atoms with Crippen molar-refractivity contribution in [2.75, 3.05) is 6.61 Å². The van der Waals surface area contributed by atoms with Crippen LogP contribution in [-0.2, 0) is 0 Å². The zero-order chi connectivity index (χ0) is 19.1. The van der Waals surface area contributed by atoms with E-state index in [1.54, 1.807) is 0 Å². The van der Waals surface area contributed by atoms with E-state index in [0.29, 0.717) is 12.5 Å². The summed E-state index contributed by atoms with van der Waals surface area (Å²) in [5.41, 5.74) is 3.72. The van der Waals surface area contributed by atoms with Gasteiger partial charge in [-0.2, -0.15) is 0 Å². The Balaban J connectivity index is 1.74. The quantitative estimate of drug-likeness (QED) is 0.449. The summed E-state index contributed by atoms with van der Waals surface area (Å²) in [6, 6.07) is 26.4. The molecule has 3 aromatic carbocycles. The van der Waals surface area contributed by atoms with Crippen LogP contribution in [-0.4, -0.2) is 6.61 Å². The first-order valence-corrected chi connectivity index (χ1v) is 9.39. The third kappa shape index (κ3) is 5.24. The maximum atomic E-state index is 5.97. The highest BCUT2D eigenvalue weighted by atomic mass is 16.5. The first-order chi connectivity index (χ1) is 13.2. The van der Waals surface area contributed by atoms with Gasteiger partial charge in [0.15, 0.2) is 0 Å². The monoisotopic (exact) mass is 358 g/mol. The molecule has 0 aliphatic rings. The Morgan fingerprint density at radius 3 is 2.26 bits per heavy atom. The van der Waals surface area contributed by atoms with Gasteiger partial charge in [-0.05, 0) is 61.4 Å². The van der Waals surface area contributed by atoms with E-state index in [2.05, 4.69) is 44.2 Å². The van der Waals surface area contributed by atoms with Crippen LogP contribution in [0.5, 0.6) is 17.2 Å². The highest BCUT2D eigenvalue weighted by molar-refractivity contribution is 5.56. The van der Waals surface area contributed by atoms with Gasteiger partial charge in [-0.1, -0.05) is 61.0 Å². The van der Waals surface area contributed by atoms with E-state index in [9.17, 15) is 0 Å². The predicted molar refractivity (Wildman–Crippen MR) is 113 cm³/mol. The molecule has 0 spiro atoms. The maximum Gasteiger partial charge on any atom is 0.127 e. The SMILES string of the molecule is CCOc1ccc(C=C(C)C(C)c2cccc(Oc3ccccc3)c2)cc1. The summed E-state index contributed by atoms with van der Waals surface area (Å²) < 4.78 is 11.5. The Bertz CT molecular complexity index is 880. The van der Waals surface area contributed by atoms with Crippen LogP contribution in [0.15, 0.2) is 84.4 Å². The molecule has 2 heteroatoms.